The number of hydrogen-bond acceptors (Lipinski definition) is 12. The SMILES string of the molecule is C=NN(c1nc(Cl)nc(NC2CCCC2)c1C)[C@@H]1O[C@H](COC(CCC(=O)O)(COC)P(=O)(O)O)[C@@H](O)[C@H]1O. The summed E-state index contributed by atoms with van der Waals surface area (Å²) >= 11 is 6.18. The summed E-state index contributed by atoms with van der Waals surface area (Å²) in [4.78, 5) is 39.5. The van der Waals surface area contributed by atoms with Crippen LogP contribution in [0, 0.1) is 6.92 Å². The molecular weight excluding hydrogens is 561 g/mol. The van der Waals surface area contributed by atoms with E-state index in [1.54, 1.807) is 6.92 Å². The number of carboxylic acid groups (broad SMARTS) is 1. The molecule has 0 spiro atoms. The van der Waals surface area contributed by atoms with Crippen molar-refractivity contribution in [2.24, 2.45) is 5.10 Å². The topological polar surface area (TPSA) is 216 Å². The fourth-order valence-corrected chi connectivity index (χ4v) is 5.81. The summed E-state index contributed by atoms with van der Waals surface area (Å²) in [5.74, 6) is -0.662. The average molecular weight is 596 g/mol. The maximum absolute atomic E-state index is 12.3. The summed E-state index contributed by atoms with van der Waals surface area (Å²) < 4.78 is 28.6. The first-order valence-corrected chi connectivity index (χ1v) is 14.3. The number of rotatable bonds is 14. The van der Waals surface area contributed by atoms with Crippen molar-refractivity contribution in [1.82, 2.24) is 9.97 Å². The summed E-state index contributed by atoms with van der Waals surface area (Å²) in [5.41, 5.74) is 0.540. The maximum atomic E-state index is 12.3. The minimum absolute atomic E-state index is 0.0953. The lowest BCUT2D eigenvalue weighted by molar-refractivity contribution is -0.140. The number of ether oxygens (including phenoxy) is 3. The fourth-order valence-electron chi connectivity index (χ4n) is 4.71. The van der Waals surface area contributed by atoms with Crippen LogP contribution in [0.4, 0.5) is 11.6 Å². The molecule has 3 rings (SSSR count). The molecule has 39 heavy (non-hydrogen) atoms. The van der Waals surface area contributed by atoms with E-state index < -0.39 is 69.5 Å². The van der Waals surface area contributed by atoms with Gasteiger partial charge in [0, 0.05) is 38.3 Å². The van der Waals surface area contributed by atoms with Crippen LogP contribution in [0.1, 0.15) is 44.1 Å². The van der Waals surface area contributed by atoms with Crippen LogP contribution >= 0.6 is 19.2 Å². The summed E-state index contributed by atoms with van der Waals surface area (Å²) in [7, 11) is -3.90. The van der Waals surface area contributed by atoms with Gasteiger partial charge in [0.1, 0.15) is 24.1 Å². The molecule has 1 saturated carbocycles. The van der Waals surface area contributed by atoms with Gasteiger partial charge in [0.15, 0.2) is 17.4 Å². The predicted molar refractivity (Wildman–Crippen MR) is 140 cm³/mol. The minimum atomic E-state index is -5.08. The fraction of sp³-hybridized carbons (Fsp3) is 0.727. The predicted octanol–water partition coefficient (Wildman–Crippen LogP) is 1.06. The Labute approximate surface area is 230 Å². The first-order chi connectivity index (χ1) is 18.3. The second-order valence-corrected chi connectivity index (χ2v) is 11.8. The Hall–Kier alpha value is -1.94. The Balaban J connectivity index is 1.82. The lowest BCUT2D eigenvalue weighted by Crippen LogP contribution is -2.43. The number of carboxylic acids is 1. The standard InChI is InChI=1S/C22H35ClN5O10P/c1-12-18(25-13-6-4-5-7-13)26-21(23)27-19(12)28(24-2)20-17(32)16(31)14(38-20)10-37-22(11-36-3,39(33,34)35)9-8-15(29)30/h13-14,16-17,20,31-32H,2,4-11H2,1,3H3,(H,29,30)(H,25,26,27)(H2,33,34,35)/t14-,16-,17-,20-,22?/m1/s1. The number of anilines is 2. The zero-order chi connectivity index (χ0) is 29.0. The molecule has 2 heterocycles. The number of carbonyl (C=O) groups is 1. The van der Waals surface area contributed by atoms with Gasteiger partial charge in [0.05, 0.1) is 13.2 Å². The van der Waals surface area contributed by atoms with Crippen LogP contribution in [-0.4, -0.2) is 104 Å². The van der Waals surface area contributed by atoms with Crippen LogP contribution in [0.25, 0.3) is 0 Å². The van der Waals surface area contributed by atoms with E-state index in [1.165, 1.54) is 7.11 Å². The number of hydrogen-bond donors (Lipinski definition) is 6. The van der Waals surface area contributed by atoms with Crippen LogP contribution in [0.15, 0.2) is 5.10 Å². The third-order valence-corrected chi connectivity index (χ3v) is 8.60. The van der Waals surface area contributed by atoms with Gasteiger partial charge in [0.2, 0.25) is 5.28 Å². The smallest absolute Gasteiger partial charge is 0.359 e. The minimum Gasteiger partial charge on any atom is -0.481 e. The lowest BCUT2D eigenvalue weighted by atomic mass is 10.1. The van der Waals surface area contributed by atoms with E-state index in [2.05, 4.69) is 27.1 Å². The largest absolute Gasteiger partial charge is 0.481 e. The molecule has 6 N–H and O–H groups in total. The number of methoxy groups -OCH3 is 1. The van der Waals surface area contributed by atoms with Gasteiger partial charge in [-0.2, -0.15) is 10.1 Å². The molecule has 0 bridgehead atoms. The third kappa shape index (κ3) is 7.23. The van der Waals surface area contributed by atoms with Gasteiger partial charge < -0.3 is 44.6 Å². The van der Waals surface area contributed by atoms with Crippen LogP contribution in [0.3, 0.4) is 0 Å². The van der Waals surface area contributed by atoms with Crippen molar-refractivity contribution in [1.29, 1.82) is 0 Å². The number of aliphatic carboxylic acids is 1. The first-order valence-electron chi connectivity index (χ1n) is 12.3. The molecule has 2 fully saturated rings. The molecule has 17 heteroatoms. The highest BCUT2D eigenvalue weighted by Gasteiger charge is 2.52. The molecule has 1 saturated heterocycles. The van der Waals surface area contributed by atoms with Gasteiger partial charge in [-0.1, -0.05) is 12.8 Å². The van der Waals surface area contributed by atoms with Crippen molar-refractivity contribution in [3.63, 3.8) is 0 Å². The van der Waals surface area contributed by atoms with Crippen molar-refractivity contribution in [3.8, 4) is 0 Å². The van der Waals surface area contributed by atoms with E-state index >= 15 is 0 Å². The van der Waals surface area contributed by atoms with E-state index in [0.29, 0.717) is 11.4 Å². The van der Waals surface area contributed by atoms with E-state index in [0.717, 1.165) is 30.7 Å². The molecule has 220 valence electrons. The van der Waals surface area contributed by atoms with Crippen LogP contribution in [0.2, 0.25) is 5.28 Å². The highest BCUT2D eigenvalue weighted by Crippen LogP contribution is 2.54. The summed E-state index contributed by atoms with van der Waals surface area (Å²) in [5, 5.41) is 36.5. The number of aliphatic hydroxyl groups excluding tert-OH is 2. The number of hydrazone groups is 1. The number of halogens is 1. The molecular formula is C22H35ClN5O10P. The molecule has 1 aromatic heterocycles. The van der Waals surface area contributed by atoms with Gasteiger partial charge in [-0.15, -0.1) is 0 Å². The molecule has 2 aliphatic rings. The van der Waals surface area contributed by atoms with Crippen molar-refractivity contribution < 1.29 is 48.7 Å². The van der Waals surface area contributed by atoms with Gasteiger partial charge in [-0.05, 0) is 31.4 Å². The Morgan fingerprint density at radius 1 is 1.31 bits per heavy atom. The number of aromatic nitrogens is 2. The van der Waals surface area contributed by atoms with E-state index in [1.807, 2.05) is 0 Å². The van der Waals surface area contributed by atoms with Crippen LogP contribution in [0.5, 0.6) is 0 Å². The molecule has 1 aliphatic carbocycles. The molecule has 1 aromatic rings. The Bertz CT molecular complexity index is 1070. The highest BCUT2D eigenvalue weighted by atomic mass is 35.5. The van der Waals surface area contributed by atoms with E-state index in [-0.39, 0.29) is 17.1 Å². The Morgan fingerprint density at radius 3 is 2.54 bits per heavy atom. The molecule has 1 unspecified atom stereocenters. The second-order valence-electron chi connectivity index (χ2n) is 9.58. The summed E-state index contributed by atoms with van der Waals surface area (Å²) in [6, 6.07) is 0.215. The molecule has 0 radical (unpaired) electrons. The van der Waals surface area contributed by atoms with Crippen molar-refractivity contribution in [3.05, 3.63) is 10.8 Å². The molecule has 5 atom stereocenters. The van der Waals surface area contributed by atoms with Crippen LogP contribution < -0.4 is 10.3 Å². The van der Waals surface area contributed by atoms with E-state index in [4.69, 9.17) is 30.9 Å². The zero-order valence-corrected chi connectivity index (χ0v) is 23.3. The molecule has 0 amide bonds. The summed E-state index contributed by atoms with van der Waals surface area (Å²) in [6.07, 6.45) is -2.84. The van der Waals surface area contributed by atoms with Gasteiger partial charge in [0.25, 0.3) is 0 Å². The zero-order valence-electron chi connectivity index (χ0n) is 21.6. The Morgan fingerprint density at radius 2 is 1.97 bits per heavy atom. The second kappa shape index (κ2) is 13.1. The quantitative estimate of drug-likeness (QED) is 0.0767. The van der Waals surface area contributed by atoms with Crippen LogP contribution in [-0.2, 0) is 23.6 Å². The Kier molecular flexibility index (Phi) is 10.6. The number of nitrogens with zero attached hydrogens (tertiary/aromatic N) is 4. The number of aliphatic hydroxyl groups is 2. The lowest BCUT2D eigenvalue weighted by Gasteiger charge is -2.34. The first kappa shape index (κ1) is 31.6. The van der Waals surface area contributed by atoms with Crippen molar-refractivity contribution >= 4 is 43.5 Å². The van der Waals surface area contributed by atoms with Crippen molar-refractivity contribution in [2.45, 2.75) is 81.4 Å². The highest BCUT2D eigenvalue weighted by molar-refractivity contribution is 7.53. The average Bonchev–Trinajstić information content (AvgIpc) is 3.47. The molecule has 1 aliphatic heterocycles. The molecule has 15 nitrogen and oxygen atoms in total. The van der Waals surface area contributed by atoms with E-state index in [9.17, 15) is 29.4 Å². The van der Waals surface area contributed by atoms with Gasteiger partial charge in [-0.25, -0.2) is 9.99 Å². The third-order valence-electron chi connectivity index (χ3n) is 6.88. The van der Waals surface area contributed by atoms with Gasteiger partial charge >= 0.3 is 13.6 Å². The van der Waals surface area contributed by atoms with Crippen molar-refractivity contribution in [2.75, 3.05) is 30.6 Å². The maximum Gasteiger partial charge on any atom is 0.359 e. The number of nitrogens with one attached hydrogen (secondary N) is 1. The monoisotopic (exact) mass is 595 g/mol. The normalized spacial score (nSPS) is 25.4. The van der Waals surface area contributed by atoms with Gasteiger partial charge in [-0.3, -0.25) is 9.36 Å². The summed E-state index contributed by atoms with van der Waals surface area (Å²) in [6.45, 7) is 4.00. The molecule has 0 aromatic carbocycles.